The first-order valence-corrected chi connectivity index (χ1v) is 12.3. The fraction of sp³-hybridized carbons (Fsp3) is 0.480. The smallest absolute Gasteiger partial charge is 0.262 e. The summed E-state index contributed by atoms with van der Waals surface area (Å²) in [5.74, 6) is 0.231. The van der Waals surface area contributed by atoms with Gasteiger partial charge in [0.25, 0.3) is 5.56 Å². The maximum absolute atomic E-state index is 13.2. The Labute approximate surface area is 198 Å². The van der Waals surface area contributed by atoms with Crippen molar-refractivity contribution in [3.05, 3.63) is 57.6 Å². The molecule has 1 aliphatic rings. The summed E-state index contributed by atoms with van der Waals surface area (Å²) >= 11 is 1.32. The summed E-state index contributed by atoms with van der Waals surface area (Å²) in [5.41, 5.74) is 3.23. The van der Waals surface area contributed by atoms with E-state index in [0.29, 0.717) is 34.8 Å². The van der Waals surface area contributed by atoms with Crippen LogP contribution in [-0.4, -0.2) is 52.1 Å². The second-order valence-corrected chi connectivity index (χ2v) is 9.58. The number of aryl methyl sites for hydroxylation is 1. The van der Waals surface area contributed by atoms with E-state index in [1.165, 1.54) is 11.8 Å². The Morgan fingerprint density at radius 2 is 2.12 bits per heavy atom. The molecule has 7 nitrogen and oxygen atoms in total. The number of benzene rings is 1. The summed E-state index contributed by atoms with van der Waals surface area (Å²) in [6, 6.07) is 9.43. The predicted octanol–water partition coefficient (Wildman–Crippen LogP) is 4.18. The van der Waals surface area contributed by atoms with Gasteiger partial charge in [-0.25, -0.2) is 4.98 Å². The summed E-state index contributed by atoms with van der Waals surface area (Å²) in [6.07, 6.45) is 1.92. The average molecular weight is 470 g/mol. The lowest BCUT2D eigenvalue weighted by Crippen LogP contribution is -2.29. The highest BCUT2D eigenvalue weighted by Gasteiger charge is 2.22. The molecule has 33 heavy (non-hydrogen) atoms. The number of fused-ring (bicyclic) bond motifs is 1. The molecule has 2 atom stereocenters. The van der Waals surface area contributed by atoms with Crippen molar-refractivity contribution in [1.29, 1.82) is 0 Å². The molecular weight excluding hydrogens is 438 g/mol. The Hall–Kier alpha value is -2.42. The van der Waals surface area contributed by atoms with Crippen molar-refractivity contribution >= 4 is 28.4 Å². The number of nitrogens with zero attached hydrogens (tertiary/aromatic N) is 3. The third kappa shape index (κ3) is 4.93. The van der Waals surface area contributed by atoms with Crippen molar-refractivity contribution in [2.45, 2.75) is 57.5 Å². The number of thioether (sulfide) groups is 1. The van der Waals surface area contributed by atoms with Crippen LogP contribution >= 0.6 is 11.8 Å². The van der Waals surface area contributed by atoms with Crippen LogP contribution in [-0.2, 0) is 16.0 Å². The van der Waals surface area contributed by atoms with E-state index >= 15 is 0 Å². The Bertz CT molecular complexity index is 1210. The van der Waals surface area contributed by atoms with E-state index in [2.05, 4.69) is 11.5 Å². The van der Waals surface area contributed by atoms with Gasteiger partial charge in [-0.3, -0.25) is 14.2 Å². The Kier molecular flexibility index (Phi) is 7.36. The fourth-order valence-electron chi connectivity index (χ4n) is 4.67. The molecule has 8 heteroatoms. The zero-order valence-corrected chi connectivity index (χ0v) is 20.5. The number of para-hydroxylation sites is 1. The van der Waals surface area contributed by atoms with Crippen molar-refractivity contribution < 1.29 is 14.3 Å². The number of hydrogen-bond donors (Lipinski definition) is 0. The molecule has 4 rings (SSSR count). The van der Waals surface area contributed by atoms with Crippen LogP contribution in [0.3, 0.4) is 0 Å². The van der Waals surface area contributed by atoms with E-state index in [1.54, 1.807) is 17.7 Å². The SMILES string of the molecule is COC[C@H](C)n1c(C)cc(C(=O)CSc2nc3ccccc3c(=O)n2C[C@H]2CCCO2)c1C. The predicted molar refractivity (Wildman–Crippen MR) is 131 cm³/mol. The van der Waals surface area contributed by atoms with E-state index in [4.69, 9.17) is 14.5 Å². The van der Waals surface area contributed by atoms with Gasteiger partial charge in [-0.05, 0) is 51.8 Å². The standard InChI is InChI=1S/C25H31N3O4S/c1-16-12-21(18(3)28(16)17(2)14-31-4)23(29)15-33-25-26-22-10-6-5-9-20(22)24(30)27(25)13-19-8-7-11-32-19/h5-6,9-10,12,17,19H,7-8,11,13-15H2,1-4H3/t17-,19+/m0/s1. The third-order valence-electron chi connectivity index (χ3n) is 6.20. The number of carbonyl (C=O) groups excluding carboxylic acids is 1. The highest BCUT2D eigenvalue weighted by molar-refractivity contribution is 7.99. The number of hydrogen-bond acceptors (Lipinski definition) is 6. The molecule has 0 unspecified atom stereocenters. The zero-order chi connectivity index (χ0) is 23.5. The van der Waals surface area contributed by atoms with Gasteiger partial charge in [0.15, 0.2) is 10.9 Å². The highest BCUT2D eigenvalue weighted by atomic mass is 32.2. The molecule has 0 radical (unpaired) electrons. The minimum atomic E-state index is -0.0855. The van der Waals surface area contributed by atoms with Gasteiger partial charge in [-0.2, -0.15) is 0 Å². The quantitative estimate of drug-likeness (QED) is 0.266. The molecule has 0 saturated carbocycles. The second kappa shape index (κ2) is 10.2. The number of rotatable bonds is 9. The Balaban J connectivity index is 1.61. The number of ether oxygens (including phenoxy) is 2. The number of Topliss-reactive ketones (excluding diaryl/α,β-unsaturated/α-hetero) is 1. The van der Waals surface area contributed by atoms with Crippen molar-refractivity contribution in [3.63, 3.8) is 0 Å². The number of methoxy groups -OCH3 is 1. The first-order valence-electron chi connectivity index (χ1n) is 11.3. The van der Waals surface area contributed by atoms with E-state index in [-0.39, 0.29) is 29.2 Å². The fourth-order valence-corrected chi connectivity index (χ4v) is 5.56. The molecule has 0 aliphatic carbocycles. The first-order chi connectivity index (χ1) is 15.9. The normalized spacial score (nSPS) is 17.0. The van der Waals surface area contributed by atoms with Crippen LogP contribution in [0.1, 0.15) is 47.6 Å². The summed E-state index contributed by atoms with van der Waals surface area (Å²) < 4.78 is 14.9. The summed E-state index contributed by atoms with van der Waals surface area (Å²) in [4.78, 5) is 31.2. The number of aromatic nitrogens is 3. The van der Waals surface area contributed by atoms with E-state index in [9.17, 15) is 9.59 Å². The monoisotopic (exact) mass is 469 g/mol. The lowest BCUT2D eigenvalue weighted by molar-refractivity contribution is 0.0937. The van der Waals surface area contributed by atoms with Crippen LogP contribution in [0.15, 0.2) is 40.3 Å². The number of ketones is 1. The minimum Gasteiger partial charge on any atom is -0.383 e. The molecule has 176 valence electrons. The second-order valence-electron chi connectivity index (χ2n) is 8.63. The lowest BCUT2D eigenvalue weighted by atomic mass is 10.2. The molecule has 0 bridgehead atoms. The van der Waals surface area contributed by atoms with Gasteiger partial charge < -0.3 is 14.0 Å². The number of carbonyl (C=O) groups is 1. The van der Waals surface area contributed by atoms with E-state index < -0.39 is 0 Å². The molecule has 0 spiro atoms. The van der Waals surface area contributed by atoms with Gasteiger partial charge in [0.05, 0.1) is 42.0 Å². The van der Waals surface area contributed by atoms with Crippen LogP contribution < -0.4 is 5.56 Å². The molecule has 3 heterocycles. The average Bonchev–Trinajstić information content (AvgIpc) is 3.41. The molecule has 2 aromatic heterocycles. The van der Waals surface area contributed by atoms with Gasteiger partial charge >= 0.3 is 0 Å². The van der Waals surface area contributed by atoms with Crippen molar-refractivity contribution in [1.82, 2.24) is 14.1 Å². The van der Waals surface area contributed by atoms with E-state index in [0.717, 1.165) is 30.8 Å². The van der Waals surface area contributed by atoms with Crippen molar-refractivity contribution in [3.8, 4) is 0 Å². The summed E-state index contributed by atoms with van der Waals surface area (Å²) in [7, 11) is 1.68. The molecule has 0 amide bonds. The van der Waals surface area contributed by atoms with Crippen LogP contribution in [0, 0.1) is 13.8 Å². The van der Waals surface area contributed by atoms with Gasteiger partial charge in [0.2, 0.25) is 0 Å². The molecule has 0 N–H and O–H groups in total. The van der Waals surface area contributed by atoms with Gasteiger partial charge in [0.1, 0.15) is 0 Å². The molecule has 3 aromatic rings. The molecule has 1 saturated heterocycles. The Morgan fingerprint density at radius 3 is 2.85 bits per heavy atom. The topological polar surface area (TPSA) is 75.4 Å². The molecular formula is C25H31N3O4S. The molecule has 1 aromatic carbocycles. The highest BCUT2D eigenvalue weighted by Crippen LogP contribution is 2.25. The molecule has 1 aliphatic heterocycles. The van der Waals surface area contributed by atoms with Crippen molar-refractivity contribution in [2.24, 2.45) is 0 Å². The van der Waals surface area contributed by atoms with Gasteiger partial charge in [-0.15, -0.1) is 0 Å². The van der Waals surface area contributed by atoms with Crippen molar-refractivity contribution in [2.75, 3.05) is 26.1 Å². The maximum Gasteiger partial charge on any atom is 0.262 e. The van der Waals surface area contributed by atoms with E-state index in [1.807, 2.05) is 38.1 Å². The maximum atomic E-state index is 13.2. The Morgan fingerprint density at radius 1 is 1.33 bits per heavy atom. The van der Waals surface area contributed by atoms with Crippen LogP contribution in [0.25, 0.3) is 10.9 Å². The zero-order valence-electron chi connectivity index (χ0n) is 19.7. The summed E-state index contributed by atoms with van der Waals surface area (Å²) in [6.45, 7) is 7.81. The van der Waals surface area contributed by atoms with Crippen LogP contribution in [0.2, 0.25) is 0 Å². The largest absolute Gasteiger partial charge is 0.383 e. The molecule has 1 fully saturated rings. The van der Waals surface area contributed by atoms with Gasteiger partial charge in [0, 0.05) is 30.7 Å². The first kappa shape index (κ1) is 23.7. The van der Waals surface area contributed by atoms with Gasteiger partial charge in [-0.1, -0.05) is 23.9 Å². The third-order valence-corrected chi connectivity index (χ3v) is 7.18. The lowest BCUT2D eigenvalue weighted by Gasteiger charge is -2.18. The summed E-state index contributed by atoms with van der Waals surface area (Å²) in [5, 5.41) is 1.14. The van der Waals surface area contributed by atoms with Crippen LogP contribution in [0.4, 0.5) is 0 Å². The minimum absolute atomic E-state index is 0.00177. The van der Waals surface area contributed by atoms with Crippen LogP contribution in [0.5, 0.6) is 0 Å².